The standard InChI is InChI=1S/C15H19N5O3/c1-18-7-10(4-16-18)20-6-9-5-19(8-11(9)14(20)22)15(23)12-2-3-13(21)17-12/h4,7,9,11-12H,2-3,5-6,8H2,1H3,(H,17,21)/t9-,11-,12-/m1/s1. The Hall–Kier alpha value is -2.38. The summed E-state index contributed by atoms with van der Waals surface area (Å²) in [5.41, 5.74) is 0.813. The number of nitrogens with one attached hydrogen (secondary N) is 1. The molecule has 4 heterocycles. The van der Waals surface area contributed by atoms with Gasteiger partial charge < -0.3 is 15.1 Å². The fraction of sp³-hybridized carbons (Fsp3) is 0.600. The first-order chi connectivity index (χ1) is 11.0. The summed E-state index contributed by atoms with van der Waals surface area (Å²) in [6, 6.07) is -0.411. The number of fused-ring (bicyclic) bond motifs is 1. The summed E-state index contributed by atoms with van der Waals surface area (Å²) >= 11 is 0. The van der Waals surface area contributed by atoms with E-state index in [1.807, 2.05) is 13.2 Å². The minimum Gasteiger partial charge on any atom is -0.344 e. The molecule has 1 N–H and O–H groups in total. The highest BCUT2D eigenvalue weighted by atomic mass is 16.2. The zero-order valence-corrected chi connectivity index (χ0v) is 12.9. The zero-order valence-electron chi connectivity index (χ0n) is 12.9. The number of nitrogens with zero attached hydrogens (tertiary/aromatic N) is 4. The number of amides is 3. The van der Waals surface area contributed by atoms with Gasteiger partial charge in [0.05, 0.1) is 17.8 Å². The number of aryl methyl sites for hydroxylation is 1. The largest absolute Gasteiger partial charge is 0.344 e. The van der Waals surface area contributed by atoms with Crippen LogP contribution < -0.4 is 10.2 Å². The summed E-state index contributed by atoms with van der Waals surface area (Å²) in [5, 5.41) is 6.82. The molecule has 3 atom stereocenters. The first kappa shape index (κ1) is 14.2. The Balaban J connectivity index is 1.43. The maximum atomic E-state index is 12.6. The Morgan fingerprint density at radius 2 is 2.13 bits per heavy atom. The van der Waals surface area contributed by atoms with Crippen LogP contribution in [0.4, 0.5) is 5.69 Å². The predicted molar refractivity (Wildman–Crippen MR) is 80.3 cm³/mol. The smallest absolute Gasteiger partial charge is 0.245 e. The lowest BCUT2D eigenvalue weighted by Gasteiger charge is -2.23. The maximum Gasteiger partial charge on any atom is 0.245 e. The molecule has 4 rings (SSSR count). The minimum absolute atomic E-state index is 0.0500. The van der Waals surface area contributed by atoms with E-state index in [1.54, 1.807) is 20.7 Å². The maximum absolute atomic E-state index is 12.6. The first-order valence-electron chi connectivity index (χ1n) is 7.91. The average molecular weight is 317 g/mol. The van der Waals surface area contributed by atoms with E-state index >= 15 is 0 Å². The van der Waals surface area contributed by atoms with Crippen molar-refractivity contribution in [3.05, 3.63) is 12.4 Å². The molecule has 0 aromatic carbocycles. The van der Waals surface area contributed by atoms with Gasteiger partial charge in [-0.2, -0.15) is 5.10 Å². The second kappa shape index (κ2) is 5.07. The van der Waals surface area contributed by atoms with Crippen molar-refractivity contribution in [2.45, 2.75) is 18.9 Å². The Bertz CT molecular complexity index is 684. The van der Waals surface area contributed by atoms with Crippen molar-refractivity contribution in [1.29, 1.82) is 0 Å². The van der Waals surface area contributed by atoms with Crippen molar-refractivity contribution in [1.82, 2.24) is 20.0 Å². The predicted octanol–water partition coefficient (Wildman–Crippen LogP) is -0.880. The second-order valence-electron chi connectivity index (χ2n) is 6.59. The summed E-state index contributed by atoms with van der Waals surface area (Å²) in [7, 11) is 1.82. The van der Waals surface area contributed by atoms with Gasteiger partial charge in [-0.25, -0.2) is 0 Å². The molecule has 0 radical (unpaired) electrons. The van der Waals surface area contributed by atoms with Gasteiger partial charge in [0.1, 0.15) is 6.04 Å². The molecule has 0 aliphatic carbocycles. The van der Waals surface area contributed by atoms with Gasteiger partial charge in [0.25, 0.3) is 0 Å². The molecule has 3 saturated heterocycles. The highest BCUT2D eigenvalue weighted by Gasteiger charge is 2.49. The van der Waals surface area contributed by atoms with E-state index in [4.69, 9.17) is 0 Å². The van der Waals surface area contributed by atoms with Gasteiger partial charge in [0, 0.05) is 45.2 Å². The molecule has 8 heteroatoms. The molecular weight excluding hydrogens is 298 g/mol. The Morgan fingerprint density at radius 3 is 2.74 bits per heavy atom. The Kier molecular flexibility index (Phi) is 3.14. The van der Waals surface area contributed by atoms with Crippen LogP contribution in [0.25, 0.3) is 0 Å². The molecule has 3 aliphatic rings. The lowest BCUT2D eigenvalue weighted by atomic mass is 10.0. The lowest BCUT2D eigenvalue weighted by Crippen LogP contribution is -2.45. The summed E-state index contributed by atoms with van der Waals surface area (Å²) in [5.74, 6) is -0.0404. The van der Waals surface area contributed by atoms with Crippen LogP contribution in [0.2, 0.25) is 0 Å². The number of carbonyl (C=O) groups excluding carboxylic acids is 3. The number of hydrogen-bond donors (Lipinski definition) is 1. The molecule has 0 unspecified atom stereocenters. The Morgan fingerprint density at radius 1 is 1.30 bits per heavy atom. The molecule has 0 spiro atoms. The third-order valence-electron chi connectivity index (χ3n) is 5.05. The molecule has 3 aliphatic heterocycles. The van der Waals surface area contributed by atoms with Crippen LogP contribution in [-0.4, -0.2) is 58.1 Å². The number of hydrogen-bond acceptors (Lipinski definition) is 4. The van der Waals surface area contributed by atoms with Crippen LogP contribution in [0.5, 0.6) is 0 Å². The Labute approximate surface area is 133 Å². The number of anilines is 1. The summed E-state index contributed by atoms with van der Waals surface area (Å²) in [4.78, 5) is 39.9. The third kappa shape index (κ3) is 2.29. The van der Waals surface area contributed by atoms with E-state index in [0.717, 1.165) is 5.69 Å². The van der Waals surface area contributed by atoms with Crippen molar-refractivity contribution >= 4 is 23.4 Å². The van der Waals surface area contributed by atoms with E-state index in [1.165, 1.54) is 0 Å². The third-order valence-corrected chi connectivity index (χ3v) is 5.05. The highest BCUT2D eigenvalue weighted by molar-refractivity contribution is 5.99. The number of likely N-dealkylation sites (tertiary alicyclic amines) is 1. The van der Waals surface area contributed by atoms with Crippen LogP contribution in [-0.2, 0) is 21.4 Å². The van der Waals surface area contributed by atoms with E-state index < -0.39 is 6.04 Å². The fourth-order valence-corrected chi connectivity index (χ4v) is 3.84. The van der Waals surface area contributed by atoms with Crippen molar-refractivity contribution in [3.63, 3.8) is 0 Å². The molecule has 1 aromatic heterocycles. The van der Waals surface area contributed by atoms with Gasteiger partial charge in [-0.3, -0.25) is 19.1 Å². The van der Waals surface area contributed by atoms with E-state index in [-0.39, 0.29) is 29.6 Å². The quantitative estimate of drug-likeness (QED) is 0.767. The van der Waals surface area contributed by atoms with Gasteiger partial charge in [0.2, 0.25) is 17.7 Å². The van der Waals surface area contributed by atoms with E-state index in [2.05, 4.69) is 10.4 Å². The SMILES string of the molecule is Cn1cc(N2C[C@H]3CN(C(=O)[C@H]4CCC(=O)N4)C[C@H]3C2=O)cn1. The first-order valence-corrected chi connectivity index (χ1v) is 7.91. The molecular formula is C15H19N5O3. The zero-order chi connectivity index (χ0) is 16.1. The summed E-state index contributed by atoms with van der Waals surface area (Å²) in [6.45, 7) is 1.65. The normalized spacial score (nSPS) is 30.0. The van der Waals surface area contributed by atoms with Crippen molar-refractivity contribution in [2.75, 3.05) is 24.5 Å². The summed E-state index contributed by atoms with van der Waals surface area (Å²) < 4.78 is 1.68. The number of aromatic nitrogens is 2. The molecule has 23 heavy (non-hydrogen) atoms. The van der Waals surface area contributed by atoms with Crippen molar-refractivity contribution in [3.8, 4) is 0 Å². The van der Waals surface area contributed by atoms with Gasteiger partial charge in [0.15, 0.2) is 0 Å². The van der Waals surface area contributed by atoms with Crippen molar-refractivity contribution in [2.24, 2.45) is 18.9 Å². The molecule has 0 bridgehead atoms. The lowest BCUT2D eigenvalue weighted by molar-refractivity contribution is -0.133. The van der Waals surface area contributed by atoms with Crippen LogP contribution in [0.3, 0.4) is 0 Å². The fourth-order valence-electron chi connectivity index (χ4n) is 3.84. The van der Waals surface area contributed by atoms with E-state index in [0.29, 0.717) is 32.5 Å². The minimum atomic E-state index is -0.411. The number of rotatable bonds is 2. The average Bonchev–Trinajstić information content (AvgIpc) is 3.25. The van der Waals surface area contributed by atoms with Gasteiger partial charge in [-0.15, -0.1) is 0 Å². The van der Waals surface area contributed by atoms with Crippen LogP contribution in [0.15, 0.2) is 12.4 Å². The van der Waals surface area contributed by atoms with Gasteiger partial charge in [-0.1, -0.05) is 0 Å². The molecule has 122 valence electrons. The molecule has 8 nitrogen and oxygen atoms in total. The number of carbonyl (C=O) groups is 3. The molecule has 3 amide bonds. The van der Waals surface area contributed by atoms with Gasteiger partial charge in [-0.05, 0) is 6.42 Å². The topological polar surface area (TPSA) is 87.5 Å². The molecule has 3 fully saturated rings. The van der Waals surface area contributed by atoms with Crippen molar-refractivity contribution < 1.29 is 14.4 Å². The van der Waals surface area contributed by atoms with Crippen LogP contribution in [0, 0.1) is 11.8 Å². The highest BCUT2D eigenvalue weighted by Crippen LogP contribution is 2.35. The molecule has 1 aromatic rings. The second-order valence-corrected chi connectivity index (χ2v) is 6.59. The van der Waals surface area contributed by atoms with Crippen LogP contribution >= 0.6 is 0 Å². The molecule has 0 saturated carbocycles. The van der Waals surface area contributed by atoms with E-state index in [9.17, 15) is 14.4 Å². The monoisotopic (exact) mass is 317 g/mol. The van der Waals surface area contributed by atoms with Crippen LogP contribution in [0.1, 0.15) is 12.8 Å². The summed E-state index contributed by atoms with van der Waals surface area (Å²) in [6.07, 6.45) is 4.48. The van der Waals surface area contributed by atoms with Gasteiger partial charge >= 0.3 is 0 Å².